The van der Waals surface area contributed by atoms with Gasteiger partial charge in [0.15, 0.2) is 6.61 Å². The Morgan fingerprint density at radius 1 is 1.24 bits per heavy atom. The number of ether oxygens (including phenoxy) is 1. The SMILES string of the molecule is Cc1cc2occ(CC(=O)OCC(=O)NC(=O)c3cccn3C)c2cc1C(C)C. The summed E-state index contributed by atoms with van der Waals surface area (Å²) in [5.74, 6) is -1.45. The van der Waals surface area contributed by atoms with Crippen molar-refractivity contribution in [2.45, 2.75) is 33.1 Å². The quantitative estimate of drug-likeness (QED) is 0.646. The third-order valence-electron chi connectivity index (χ3n) is 4.79. The van der Waals surface area contributed by atoms with Crippen LogP contribution in [0.25, 0.3) is 11.0 Å². The number of furan rings is 1. The summed E-state index contributed by atoms with van der Waals surface area (Å²) in [5.41, 5.74) is 4.07. The maximum atomic E-state index is 12.2. The highest BCUT2D eigenvalue weighted by Crippen LogP contribution is 2.29. The number of nitrogens with one attached hydrogen (secondary N) is 1. The van der Waals surface area contributed by atoms with E-state index in [4.69, 9.17) is 9.15 Å². The van der Waals surface area contributed by atoms with Crippen molar-refractivity contribution in [2.24, 2.45) is 7.05 Å². The number of carbonyl (C=O) groups excluding carboxylic acids is 3. The average Bonchev–Trinajstić information content (AvgIpc) is 3.25. The van der Waals surface area contributed by atoms with E-state index in [1.54, 1.807) is 29.9 Å². The highest BCUT2D eigenvalue weighted by Gasteiger charge is 2.17. The first kappa shape index (κ1) is 20.4. The summed E-state index contributed by atoms with van der Waals surface area (Å²) >= 11 is 0. The van der Waals surface area contributed by atoms with E-state index in [1.807, 2.05) is 19.1 Å². The van der Waals surface area contributed by atoms with Crippen LogP contribution in [-0.2, 0) is 27.8 Å². The molecule has 0 spiro atoms. The molecule has 1 aromatic carbocycles. The molecule has 3 aromatic rings. The largest absolute Gasteiger partial charge is 0.464 e. The molecule has 0 aliphatic carbocycles. The van der Waals surface area contributed by atoms with E-state index < -0.39 is 24.4 Å². The number of nitrogens with zero attached hydrogens (tertiary/aromatic N) is 1. The van der Waals surface area contributed by atoms with Gasteiger partial charge in [-0.15, -0.1) is 0 Å². The van der Waals surface area contributed by atoms with Gasteiger partial charge in [0.1, 0.15) is 11.3 Å². The van der Waals surface area contributed by atoms with Crippen LogP contribution in [0.5, 0.6) is 0 Å². The third kappa shape index (κ3) is 4.56. The molecule has 0 aliphatic rings. The van der Waals surface area contributed by atoms with E-state index in [-0.39, 0.29) is 6.42 Å². The molecule has 2 aromatic heterocycles. The predicted octanol–water partition coefficient (Wildman–Crippen LogP) is 3.25. The van der Waals surface area contributed by atoms with E-state index in [0.717, 1.165) is 10.9 Å². The molecular weight excluding hydrogens is 372 g/mol. The van der Waals surface area contributed by atoms with Gasteiger partial charge < -0.3 is 13.7 Å². The minimum atomic E-state index is -0.681. The molecule has 2 heterocycles. The fourth-order valence-corrected chi connectivity index (χ4v) is 3.28. The maximum absolute atomic E-state index is 12.2. The smallest absolute Gasteiger partial charge is 0.310 e. The van der Waals surface area contributed by atoms with Gasteiger partial charge in [0, 0.05) is 24.2 Å². The van der Waals surface area contributed by atoms with Gasteiger partial charge in [0.2, 0.25) is 0 Å². The van der Waals surface area contributed by atoms with Gasteiger partial charge in [-0.1, -0.05) is 13.8 Å². The van der Waals surface area contributed by atoms with Crippen molar-refractivity contribution in [3.63, 3.8) is 0 Å². The molecule has 0 fully saturated rings. The van der Waals surface area contributed by atoms with Crippen molar-refractivity contribution >= 4 is 28.8 Å². The number of hydrogen-bond acceptors (Lipinski definition) is 5. The standard InChI is InChI=1S/C22H24N2O5/c1-13(2)16-10-17-15(11-28-19(17)8-14(16)3)9-21(26)29-12-20(25)23-22(27)18-6-5-7-24(18)4/h5-8,10-11,13H,9,12H2,1-4H3,(H,23,25,27). The minimum Gasteiger partial charge on any atom is -0.464 e. The van der Waals surface area contributed by atoms with E-state index in [0.29, 0.717) is 22.8 Å². The fraction of sp³-hybridized carbons (Fsp3) is 0.318. The average molecular weight is 396 g/mol. The molecule has 7 nitrogen and oxygen atoms in total. The fourth-order valence-electron chi connectivity index (χ4n) is 3.28. The number of hydrogen-bond donors (Lipinski definition) is 1. The van der Waals surface area contributed by atoms with Crippen molar-refractivity contribution < 1.29 is 23.5 Å². The molecule has 1 N–H and O–H groups in total. The maximum Gasteiger partial charge on any atom is 0.310 e. The summed E-state index contributed by atoms with van der Waals surface area (Å²) in [7, 11) is 1.70. The van der Waals surface area contributed by atoms with Crippen LogP contribution < -0.4 is 5.32 Å². The molecule has 0 radical (unpaired) electrons. The molecule has 2 amide bonds. The molecule has 152 valence electrons. The molecule has 0 unspecified atom stereocenters. The molecule has 29 heavy (non-hydrogen) atoms. The minimum absolute atomic E-state index is 0.0212. The summed E-state index contributed by atoms with van der Waals surface area (Å²) in [4.78, 5) is 36.1. The number of carbonyl (C=O) groups is 3. The van der Waals surface area contributed by atoms with Crippen LogP contribution in [0.3, 0.4) is 0 Å². The third-order valence-corrected chi connectivity index (χ3v) is 4.79. The highest BCUT2D eigenvalue weighted by atomic mass is 16.5. The van der Waals surface area contributed by atoms with Gasteiger partial charge >= 0.3 is 5.97 Å². The first-order valence-corrected chi connectivity index (χ1v) is 9.38. The Labute approximate surface area is 168 Å². The van der Waals surface area contributed by atoms with Crippen molar-refractivity contribution in [3.8, 4) is 0 Å². The van der Waals surface area contributed by atoms with Gasteiger partial charge in [0.25, 0.3) is 11.8 Å². The van der Waals surface area contributed by atoms with Crippen LogP contribution in [0.2, 0.25) is 0 Å². The Morgan fingerprint density at radius 2 is 2.00 bits per heavy atom. The molecule has 0 bridgehead atoms. The second-order valence-corrected chi connectivity index (χ2v) is 7.34. The Kier molecular flexibility index (Phi) is 5.87. The molecule has 7 heteroatoms. The van der Waals surface area contributed by atoms with Crippen molar-refractivity contribution in [2.75, 3.05) is 6.61 Å². The summed E-state index contributed by atoms with van der Waals surface area (Å²) in [6, 6.07) is 7.28. The second kappa shape index (κ2) is 8.34. The summed E-state index contributed by atoms with van der Waals surface area (Å²) in [6.07, 6.45) is 3.21. The van der Waals surface area contributed by atoms with Gasteiger partial charge in [-0.05, 0) is 48.2 Å². The van der Waals surface area contributed by atoms with Crippen molar-refractivity contribution in [1.29, 1.82) is 0 Å². The number of imide groups is 1. The van der Waals surface area contributed by atoms with E-state index in [9.17, 15) is 14.4 Å². The summed E-state index contributed by atoms with van der Waals surface area (Å²) < 4.78 is 12.2. The number of rotatable bonds is 6. The zero-order valence-electron chi connectivity index (χ0n) is 16.9. The number of aryl methyl sites for hydroxylation is 2. The van der Waals surface area contributed by atoms with E-state index in [2.05, 4.69) is 19.2 Å². The molecule has 3 rings (SSSR count). The first-order chi connectivity index (χ1) is 13.8. The van der Waals surface area contributed by atoms with Crippen LogP contribution in [0.1, 0.15) is 46.9 Å². The van der Waals surface area contributed by atoms with E-state index >= 15 is 0 Å². The topological polar surface area (TPSA) is 90.5 Å². The number of aromatic nitrogens is 1. The van der Waals surface area contributed by atoms with Gasteiger partial charge in [-0.3, -0.25) is 19.7 Å². The number of fused-ring (bicyclic) bond motifs is 1. The number of esters is 1. The lowest BCUT2D eigenvalue weighted by molar-refractivity contribution is -0.147. The van der Waals surface area contributed by atoms with Crippen LogP contribution in [-0.4, -0.2) is 29.0 Å². The molecular formula is C22H24N2O5. The first-order valence-electron chi connectivity index (χ1n) is 9.38. The zero-order valence-corrected chi connectivity index (χ0v) is 16.9. The zero-order chi connectivity index (χ0) is 21.1. The normalized spacial score (nSPS) is 11.1. The van der Waals surface area contributed by atoms with E-state index in [1.165, 1.54) is 11.8 Å². The number of amides is 2. The van der Waals surface area contributed by atoms with Gasteiger partial charge in [0.05, 0.1) is 12.7 Å². The summed E-state index contributed by atoms with van der Waals surface area (Å²) in [6.45, 7) is 5.72. The monoisotopic (exact) mass is 396 g/mol. The van der Waals surface area contributed by atoms with Crippen LogP contribution in [0.15, 0.2) is 41.1 Å². The molecule has 0 saturated heterocycles. The lowest BCUT2D eigenvalue weighted by atomic mass is 9.95. The predicted molar refractivity (Wildman–Crippen MR) is 108 cm³/mol. The second-order valence-electron chi connectivity index (χ2n) is 7.34. The highest BCUT2D eigenvalue weighted by molar-refractivity contribution is 6.04. The molecule has 0 atom stereocenters. The molecule has 0 saturated carbocycles. The van der Waals surface area contributed by atoms with Crippen molar-refractivity contribution in [1.82, 2.24) is 9.88 Å². The van der Waals surface area contributed by atoms with Crippen LogP contribution >= 0.6 is 0 Å². The van der Waals surface area contributed by atoms with Crippen LogP contribution in [0.4, 0.5) is 0 Å². The summed E-state index contributed by atoms with van der Waals surface area (Å²) in [5, 5.41) is 3.06. The Hall–Kier alpha value is -3.35. The number of benzene rings is 1. The Bertz CT molecular complexity index is 1070. The molecule has 0 aliphatic heterocycles. The lowest BCUT2D eigenvalue weighted by Crippen LogP contribution is -2.35. The van der Waals surface area contributed by atoms with Gasteiger partial charge in [-0.25, -0.2) is 0 Å². The van der Waals surface area contributed by atoms with Gasteiger partial charge in [-0.2, -0.15) is 0 Å². The lowest BCUT2D eigenvalue weighted by Gasteiger charge is -2.10. The van der Waals surface area contributed by atoms with Crippen molar-refractivity contribution in [3.05, 3.63) is 59.1 Å². The van der Waals surface area contributed by atoms with Crippen LogP contribution in [0, 0.1) is 6.92 Å². The Balaban J connectivity index is 1.59. The Morgan fingerprint density at radius 3 is 2.66 bits per heavy atom.